The van der Waals surface area contributed by atoms with Gasteiger partial charge in [-0.2, -0.15) is 0 Å². The molecule has 0 atom stereocenters. The van der Waals surface area contributed by atoms with Crippen LogP contribution in [0.15, 0.2) is 12.1 Å². The molecule has 0 spiro atoms. The van der Waals surface area contributed by atoms with Crippen LogP contribution in [-0.4, -0.2) is 72.7 Å². The summed E-state index contributed by atoms with van der Waals surface area (Å²) in [7, 11) is 6.95. The number of hydrogen-bond acceptors (Lipinski definition) is 6. The van der Waals surface area contributed by atoms with Crippen molar-refractivity contribution >= 4 is 5.69 Å². The van der Waals surface area contributed by atoms with Gasteiger partial charge >= 0.3 is 0 Å². The molecule has 6 heteroatoms. The number of rotatable bonds is 7. The van der Waals surface area contributed by atoms with E-state index in [1.165, 1.54) is 0 Å². The lowest BCUT2D eigenvalue weighted by atomic mass is 10.2. The topological polar surface area (TPSA) is 43.4 Å². The number of methoxy groups -OCH3 is 3. The molecule has 0 amide bonds. The van der Waals surface area contributed by atoms with Crippen LogP contribution in [0.4, 0.5) is 5.69 Å². The van der Waals surface area contributed by atoms with E-state index < -0.39 is 0 Å². The molecule has 1 aliphatic heterocycles. The maximum atomic E-state index is 5.41. The van der Waals surface area contributed by atoms with Gasteiger partial charge in [-0.25, -0.2) is 0 Å². The summed E-state index contributed by atoms with van der Waals surface area (Å²) in [5.41, 5.74) is 1.04. The van der Waals surface area contributed by atoms with Gasteiger partial charge in [0.05, 0.1) is 34.5 Å². The van der Waals surface area contributed by atoms with Crippen molar-refractivity contribution in [2.24, 2.45) is 0 Å². The number of benzene rings is 1. The minimum atomic E-state index is 0.621. The van der Waals surface area contributed by atoms with Crippen LogP contribution in [0.2, 0.25) is 0 Å². The van der Waals surface area contributed by atoms with E-state index in [4.69, 9.17) is 18.9 Å². The minimum absolute atomic E-state index is 0.621. The van der Waals surface area contributed by atoms with E-state index in [1.54, 1.807) is 21.3 Å². The summed E-state index contributed by atoms with van der Waals surface area (Å²) in [5, 5.41) is 0. The molecule has 0 bridgehead atoms. The zero-order valence-electron chi connectivity index (χ0n) is 13.9. The van der Waals surface area contributed by atoms with Gasteiger partial charge in [-0.15, -0.1) is 0 Å². The van der Waals surface area contributed by atoms with Gasteiger partial charge in [-0.3, -0.25) is 4.90 Å². The molecule has 6 nitrogen and oxygen atoms in total. The first kappa shape index (κ1) is 16.7. The van der Waals surface area contributed by atoms with Gasteiger partial charge in [-0.1, -0.05) is 0 Å². The molecule has 1 aromatic rings. The minimum Gasteiger partial charge on any atom is -0.493 e. The number of anilines is 1. The van der Waals surface area contributed by atoms with Crippen LogP contribution in [0.1, 0.15) is 0 Å². The largest absolute Gasteiger partial charge is 0.493 e. The lowest BCUT2D eigenvalue weighted by molar-refractivity contribution is 0.0393. The van der Waals surface area contributed by atoms with Crippen LogP contribution in [-0.2, 0) is 4.74 Å². The molecule has 22 heavy (non-hydrogen) atoms. The van der Waals surface area contributed by atoms with Crippen molar-refractivity contribution < 1.29 is 18.9 Å². The van der Waals surface area contributed by atoms with Gasteiger partial charge in [-0.05, 0) is 0 Å². The highest BCUT2D eigenvalue weighted by Gasteiger charge is 2.16. The van der Waals surface area contributed by atoms with Crippen LogP contribution in [0.25, 0.3) is 0 Å². The fourth-order valence-electron chi connectivity index (χ4n) is 2.53. The molecule has 1 saturated heterocycles. The van der Waals surface area contributed by atoms with Gasteiger partial charge in [0.1, 0.15) is 0 Å². The van der Waals surface area contributed by atoms with Crippen LogP contribution in [0.3, 0.4) is 0 Å². The Labute approximate surface area is 132 Å². The monoisotopic (exact) mass is 310 g/mol. The second kappa shape index (κ2) is 8.10. The van der Waals surface area contributed by atoms with E-state index in [0.717, 1.165) is 45.1 Å². The number of nitrogens with zero attached hydrogens (tertiary/aromatic N) is 2. The summed E-state index contributed by atoms with van der Waals surface area (Å²) in [6, 6.07) is 3.95. The Morgan fingerprint density at radius 3 is 2.14 bits per heavy atom. The quantitative estimate of drug-likeness (QED) is 0.760. The summed E-state index contributed by atoms with van der Waals surface area (Å²) in [5.74, 6) is 1.97. The number of morpholine rings is 1. The van der Waals surface area contributed by atoms with Gasteiger partial charge in [0.25, 0.3) is 0 Å². The maximum Gasteiger partial charge on any atom is 0.203 e. The summed E-state index contributed by atoms with van der Waals surface area (Å²) < 4.78 is 21.5. The molecule has 0 unspecified atom stereocenters. The molecule has 1 fully saturated rings. The molecule has 0 aromatic heterocycles. The summed E-state index contributed by atoms with van der Waals surface area (Å²) >= 11 is 0. The standard InChI is InChI=1S/C16H26N2O4/c1-17(5-6-18-7-9-22-10-8-18)13-11-14(19-2)16(21-4)15(12-13)20-3/h11-12H,5-10H2,1-4H3. The fourth-order valence-corrected chi connectivity index (χ4v) is 2.53. The van der Waals surface area contributed by atoms with Crippen molar-refractivity contribution in [1.82, 2.24) is 4.90 Å². The predicted octanol–water partition coefficient (Wildman–Crippen LogP) is 1.48. The zero-order chi connectivity index (χ0) is 15.9. The third-order valence-electron chi connectivity index (χ3n) is 3.95. The van der Waals surface area contributed by atoms with E-state index in [1.807, 2.05) is 12.1 Å². The lowest BCUT2D eigenvalue weighted by Gasteiger charge is -2.29. The summed E-state index contributed by atoms with van der Waals surface area (Å²) in [4.78, 5) is 4.61. The third-order valence-corrected chi connectivity index (χ3v) is 3.95. The van der Waals surface area contributed by atoms with E-state index >= 15 is 0 Å². The van der Waals surface area contributed by atoms with Crippen molar-refractivity contribution in [2.45, 2.75) is 0 Å². The molecule has 124 valence electrons. The Bertz CT molecular complexity index is 450. The van der Waals surface area contributed by atoms with Crippen molar-refractivity contribution in [3.05, 3.63) is 12.1 Å². The Hall–Kier alpha value is -1.66. The van der Waals surface area contributed by atoms with Gasteiger partial charge in [0, 0.05) is 51.0 Å². The third kappa shape index (κ3) is 3.96. The second-order valence-corrected chi connectivity index (χ2v) is 5.26. The number of likely N-dealkylation sites (N-methyl/N-ethyl adjacent to an activating group) is 1. The zero-order valence-corrected chi connectivity index (χ0v) is 13.9. The Balaban J connectivity index is 2.06. The molecular formula is C16H26N2O4. The van der Waals surface area contributed by atoms with E-state index in [0.29, 0.717) is 17.2 Å². The van der Waals surface area contributed by atoms with E-state index in [-0.39, 0.29) is 0 Å². The van der Waals surface area contributed by atoms with Crippen LogP contribution in [0.5, 0.6) is 17.2 Å². The molecule has 1 aliphatic rings. The Kier molecular flexibility index (Phi) is 6.15. The average molecular weight is 310 g/mol. The van der Waals surface area contributed by atoms with Crippen LogP contribution in [0, 0.1) is 0 Å². The smallest absolute Gasteiger partial charge is 0.203 e. The lowest BCUT2D eigenvalue weighted by Crippen LogP contribution is -2.40. The first-order valence-electron chi connectivity index (χ1n) is 7.50. The van der Waals surface area contributed by atoms with Crippen molar-refractivity contribution in [3.63, 3.8) is 0 Å². The van der Waals surface area contributed by atoms with Gasteiger partial charge in [0.2, 0.25) is 5.75 Å². The van der Waals surface area contributed by atoms with Crippen molar-refractivity contribution in [2.75, 3.05) is 72.7 Å². The summed E-state index contributed by atoms with van der Waals surface area (Å²) in [6.07, 6.45) is 0. The highest BCUT2D eigenvalue weighted by Crippen LogP contribution is 2.40. The predicted molar refractivity (Wildman–Crippen MR) is 86.6 cm³/mol. The molecule has 0 N–H and O–H groups in total. The van der Waals surface area contributed by atoms with E-state index in [9.17, 15) is 0 Å². The molecule has 1 heterocycles. The highest BCUT2D eigenvalue weighted by molar-refractivity contribution is 5.63. The first-order valence-corrected chi connectivity index (χ1v) is 7.50. The van der Waals surface area contributed by atoms with Crippen molar-refractivity contribution in [3.8, 4) is 17.2 Å². The normalized spacial score (nSPS) is 15.5. The summed E-state index contributed by atoms with van der Waals surface area (Å²) in [6.45, 7) is 5.60. The maximum absolute atomic E-state index is 5.41. The fraction of sp³-hybridized carbons (Fsp3) is 0.625. The number of ether oxygens (including phenoxy) is 4. The number of hydrogen-bond donors (Lipinski definition) is 0. The van der Waals surface area contributed by atoms with E-state index in [2.05, 4.69) is 16.8 Å². The van der Waals surface area contributed by atoms with Gasteiger partial charge < -0.3 is 23.8 Å². The van der Waals surface area contributed by atoms with Crippen LogP contribution < -0.4 is 19.1 Å². The Morgan fingerprint density at radius 1 is 1.05 bits per heavy atom. The van der Waals surface area contributed by atoms with Gasteiger partial charge in [0.15, 0.2) is 11.5 Å². The molecule has 2 rings (SSSR count). The Morgan fingerprint density at radius 2 is 1.64 bits per heavy atom. The van der Waals surface area contributed by atoms with Crippen LogP contribution >= 0.6 is 0 Å². The van der Waals surface area contributed by atoms with Crippen molar-refractivity contribution in [1.29, 1.82) is 0 Å². The SMILES string of the molecule is COc1cc(N(C)CCN2CCOCC2)cc(OC)c1OC. The second-order valence-electron chi connectivity index (χ2n) is 5.26. The molecule has 1 aromatic carbocycles. The highest BCUT2D eigenvalue weighted by atomic mass is 16.5. The molecule has 0 aliphatic carbocycles. The molecule has 0 radical (unpaired) electrons. The average Bonchev–Trinajstić information content (AvgIpc) is 2.59. The molecular weight excluding hydrogens is 284 g/mol. The molecule has 0 saturated carbocycles. The first-order chi connectivity index (χ1) is 10.7.